The molecule has 0 saturated carbocycles. The highest BCUT2D eigenvalue weighted by molar-refractivity contribution is 6.40. The molecule has 6 heteroatoms. The quantitative estimate of drug-likeness (QED) is 0.578. The second-order valence-corrected chi connectivity index (χ2v) is 9.58. The van der Waals surface area contributed by atoms with E-state index >= 15 is 8.78 Å². The summed E-state index contributed by atoms with van der Waals surface area (Å²) in [6.07, 6.45) is 7.68. The summed E-state index contributed by atoms with van der Waals surface area (Å²) in [4.78, 5) is 8.27. The highest BCUT2D eigenvalue weighted by Crippen LogP contribution is 2.35. The summed E-state index contributed by atoms with van der Waals surface area (Å²) in [7, 11) is 1.71. The smallest absolute Gasteiger partial charge is 0.142 e. The van der Waals surface area contributed by atoms with Gasteiger partial charge in [0.15, 0.2) is 0 Å². The van der Waals surface area contributed by atoms with Gasteiger partial charge >= 0.3 is 0 Å². The van der Waals surface area contributed by atoms with E-state index in [0.29, 0.717) is 35.7 Å². The van der Waals surface area contributed by atoms with Crippen molar-refractivity contribution >= 4 is 11.4 Å². The topological polar surface area (TPSA) is 42.7 Å². The molecule has 0 spiro atoms. The van der Waals surface area contributed by atoms with E-state index in [2.05, 4.69) is 23.7 Å². The van der Waals surface area contributed by atoms with Crippen LogP contribution in [0.15, 0.2) is 28.7 Å². The molecule has 1 N–H and O–H groups in total. The zero-order valence-corrected chi connectivity index (χ0v) is 19.0. The van der Waals surface area contributed by atoms with Crippen LogP contribution in [0.4, 0.5) is 8.78 Å². The van der Waals surface area contributed by atoms with Crippen molar-refractivity contribution in [3.63, 3.8) is 0 Å². The van der Waals surface area contributed by atoms with Gasteiger partial charge in [0.2, 0.25) is 0 Å². The molecular weight excluding hydrogens is 382 g/mol. The van der Waals surface area contributed by atoms with E-state index in [1.54, 1.807) is 19.2 Å². The van der Waals surface area contributed by atoms with E-state index in [-0.39, 0.29) is 5.83 Å². The zero-order chi connectivity index (χ0) is 21.8. The number of allylic oxidation sites excluding steroid dienone is 1. The van der Waals surface area contributed by atoms with Gasteiger partial charge in [0.1, 0.15) is 12.0 Å². The van der Waals surface area contributed by atoms with Gasteiger partial charge < -0.3 is 10.3 Å². The number of nitrogens with one attached hydrogen (secondary N) is 1. The Bertz CT molecular complexity index is 704. The molecule has 2 aliphatic heterocycles. The molecule has 0 radical (unpaired) electrons. The second-order valence-electron chi connectivity index (χ2n) is 9.58. The van der Waals surface area contributed by atoms with Gasteiger partial charge in [-0.25, -0.2) is 8.78 Å². The predicted molar refractivity (Wildman–Crippen MR) is 121 cm³/mol. The Morgan fingerprint density at radius 2 is 1.97 bits per heavy atom. The summed E-state index contributed by atoms with van der Waals surface area (Å²) >= 11 is 0. The Hall–Kier alpha value is -1.56. The van der Waals surface area contributed by atoms with E-state index in [1.807, 2.05) is 11.8 Å². The summed E-state index contributed by atoms with van der Waals surface area (Å²) in [5.41, 5.74) is 2.07. The van der Waals surface area contributed by atoms with Crippen LogP contribution >= 0.6 is 0 Å². The van der Waals surface area contributed by atoms with Gasteiger partial charge in [0, 0.05) is 38.4 Å². The number of piperidine rings is 1. The Labute approximate surface area is 180 Å². The van der Waals surface area contributed by atoms with E-state index in [0.717, 1.165) is 57.5 Å². The van der Waals surface area contributed by atoms with Crippen LogP contribution in [0, 0.1) is 17.2 Å². The van der Waals surface area contributed by atoms with Crippen LogP contribution in [0.25, 0.3) is 0 Å². The van der Waals surface area contributed by atoms with Crippen LogP contribution in [0.1, 0.15) is 59.3 Å². The fourth-order valence-corrected chi connectivity index (χ4v) is 5.48. The van der Waals surface area contributed by atoms with Gasteiger partial charge in [0.25, 0.3) is 0 Å². The van der Waals surface area contributed by atoms with Crippen molar-refractivity contribution in [2.45, 2.75) is 77.6 Å². The molecule has 3 rings (SSSR count). The highest BCUT2D eigenvalue weighted by Gasteiger charge is 2.38. The Morgan fingerprint density at radius 1 is 1.27 bits per heavy atom. The number of nitrogens with zero attached hydrogens (tertiary/aromatic N) is 3. The van der Waals surface area contributed by atoms with E-state index in [4.69, 9.17) is 5.41 Å². The summed E-state index contributed by atoms with van der Waals surface area (Å²) in [5.74, 6) is 0.618. The van der Waals surface area contributed by atoms with Crippen LogP contribution in [-0.2, 0) is 0 Å². The first-order chi connectivity index (χ1) is 14.3. The van der Waals surface area contributed by atoms with Crippen LogP contribution in [0.3, 0.4) is 0 Å². The third-order valence-corrected chi connectivity index (χ3v) is 6.94. The Kier molecular flexibility index (Phi) is 7.83. The third kappa shape index (κ3) is 5.37. The molecule has 4 nitrogen and oxygen atoms in total. The number of rotatable bonds is 7. The zero-order valence-electron chi connectivity index (χ0n) is 19.0. The molecule has 0 aromatic heterocycles. The van der Waals surface area contributed by atoms with Crippen LogP contribution < -0.4 is 0 Å². The van der Waals surface area contributed by atoms with Crippen molar-refractivity contribution in [3.8, 4) is 0 Å². The van der Waals surface area contributed by atoms with Gasteiger partial charge in [0.05, 0.1) is 17.5 Å². The standard InChI is InChI=1S/C24H38F2N4/c1-16-11-17(2)15-29(14-16)24-21(25)12-20(13-22(24)26)30-10-6-8-19(30)7-5-9-23(27)18(3)28-4/h12-13,16-17,19,21,24,27H,5-11,14-15H2,1-4H3. The average molecular weight is 421 g/mol. The highest BCUT2D eigenvalue weighted by atomic mass is 19.1. The molecular formula is C24H38F2N4. The minimum absolute atomic E-state index is 0.297. The number of likely N-dealkylation sites (tertiary alicyclic amines) is 2. The fourth-order valence-electron chi connectivity index (χ4n) is 5.48. The number of halogens is 2. The molecule has 0 amide bonds. The van der Waals surface area contributed by atoms with E-state index in [1.165, 1.54) is 0 Å². The Balaban J connectivity index is 1.62. The summed E-state index contributed by atoms with van der Waals surface area (Å²) in [5, 5.41) is 8.05. The lowest BCUT2D eigenvalue weighted by atomic mass is 9.89. The minimum Gasteiger partial charge on any atom is -0.369 e. The maximum Gasteiger partial charge on any atom is 0.142 e. The first-order valence-electron chi connectivity index (χ1n) is 11.5. The first-order valence-corrected chi connectivity index (χ1v) is 11.5. The molecule has 0 aromatic carbocycles. The molecule has 3 aliphatic rings. The van der Waals surface area contributed by atoms with Crippen LogP contribution in [-0.4, -0.2) is 66.2 Å². The number of hydrogen-bond acceptors (Lipinski definition) is 4. The van der Waals surface area contributed by atoms with E-state index < -0.39 is 12.2 Å². The Morgan fingerprint density at radius 3 is 2.60 bits per heavy atom. The SMILES string of the molecule is CN=C(C)C(=N)CCCC1CCCN1C1=CC(F)C(N2CC(C)CC(C)C2)C(F)=C1. The van der Waals surface area contributed by atoms with Crippen molar-refractivity contribution < 1.29 is 8.78 Å². The van der Waals surface area contributed by atoms with Crippen molar-refractivity contribution in [2.24, 2.45) is 16.8 Å². The first kappa shape index (κ1) is 23.1. The second kappa shape index (κ2) is 10.2. The van der Waals surface area contributed by atoms with Gasteiger partial charge in [-0.3, -0.25) is 9.89 Å². The monoisotopic (exact) mass is 420 g/mol. The van der Waals surface area contributed by atoms with Crippen molar-refractivity contribution in [2.75, 3.05) is 26.7 Å². The summed E-state index contributed by atoms with van der Waals surface area (Å²) in [6.45, 7) is 8.58. The molecule has 0 bridgehead atoms. The molecule has 2 heterocycles. The average Bonchev–Trinajstić information content (AvgIpc) is 3.14. The largest absolute Gasteiger partial charge is 0.369 e. The van der Waals surface area contributed by atoms with Gasteiger partial charge in [-0.2, -0.15) is 0 Å². The van der Waals surface area contributed by atoms with Crippen LogP contribution in [0.5, 0.6) is 0 Å². The van der Waals surface area contributed by atoms with E-state index in [9.17, 15) is 0 Å². The predicted octanol–water partition coefficient (Wildman–Crippen LogP) is 5.17. The minimum atomic E-state index is -1.31. The lowest BCUT2D eigenvalue weighted by Gasteiger charge is -2.42. The van der Waals surface area contributed by atoms with Crippen LogP contribution in [0.2, 0.25) is 0 Å². The lowest BCUT2D eigenvalue weighted by Crippen LogP contribution is -2.50. The number of alkyl halides is 1. The normalized spacial score (nSPS) is 33.5. The molecule has 2 saturated heterocycles. The van der Waals surface area contributed by atoms with Gasteiger partial charge in [-0.1, -0.05) is 13.8 Å². The number of aliphatic imine (C=N–C) groups is 1. The maximum absolute atomic E-state index is 15.2. The third-order valence-electron chi connectivity index (χ3n) is 6.94. The lowest BCUT2D eigenvalue weighted by molar-refractivity contribution is 0.0673. The molecule has 5 atom stereocenters. The maximum atomic E-state index is 15.2. The summed E-state index contributed by atoms with van der Waals surface area (Å²) in [6, 6.07) is -0.470. The molecule has 168 valence electrons. The fraction of sp³-hybridized carbons (Fsp3) is 0.750. The molecule has 30 heavy (non-hydrogen) atoms. The summed E-state index contributed by atoms with van der Waals surface area (Å²) < 4.78 is 30.3. The number of hydrogen-bond donors (Lipinski definition) is 1. The molecule has 1 aliphatic carbocycles. The van der Waals surface area contributed by atoms with Crippen molar-refractivity contribution in [1.29, 1.82) is 5.41 Å². The molecule has 0 aromatic rings. The van der Waals surface area contributed by atoms with Gasteiger partial charge in [-0.05, 0) is 69.4 Å². The van der Waals surface area contributed by atoms with Crippen molar-refractivity contribution in [3.05, 3.63) is 23.7 Å². The molecule has 2 fully saturated rings. The van der Waals surface area contributed by atoms with Gasteiger partial charge in [-0.15, -0.1) is 0 Å². The van der Waals surface area contributed by atoms with Crippen molar-refractivity contribution in [1.82, 2.24) is 9.80 Å². The molecule has 5 unspecified atom stereocenters.